The molecule has 0 amide bonds. The van der Waals surface area contributed by atoms with Crippen molar-refractivity contribution in [2.75, 3.05) is 6.54 Å². The lowest BCUT2D eigenvalue weighted by molar-refractivity contribution is 0.402. The second kappa shape index (κ2) is 4.21. The van der Waals surface area contributed by atoms with E-state index in [0.717, 1.165) is 18.7 Å². The van der Waals surface area contributed by atoms with Crippen LogP contribution in [0.4, 0.5) is 5.69 Å². The number of benzene rings is 1. The van der Waals surface area contributed by atoms with Crippen molar-refractivity contribution in [2.24, 2.45) is 4.99 Å². The fourth-order valence-corrected chi connectivity index (χ4v) is 2.97. The van der Waals surface area contributed by atoms with Gasteiger partial charge in [-0.3, -0.25) is 0 Å². The molecule has 2 nitrogen and oxygen atoms in total. The Balaban J connectivity index is 2.03. The fraction of sp³-hybridized carbons (Fsp3) is 0.462. The van der Waals surface area contributed by atoms with Crippen LogP contribution in [0.15, 0.2) is 27.7 Å². The highest BCUT2D eigenvalue weighted by atomic mass is 79.9. The van der Waals surface area contributed by atoms with Crippen molar-refractivity contribution in [1.29, 1.82) is 0 Å². The fourth-order valence-electron chi connectivity index (χ4n) is 2.49. The molecule has 2 aliphatic heterocycles. The molecule has 0 aliphatic carbocycles. The summed E-state index contributed by atoms with van der Waals surface area (Å²) in [5.74, 6) is 1.29. The van der Waals surface area contributed by atoms with Crippen LogP contribution in [0.2, 0.25) is 0 Å². The molecule has 3 rings (SSSR count). The molecule has 0 aromatic heterocycles. The highest BCUT2D eigenvalue weighted by Gasteiger charge is 2.22. The van der Waals surface area contributed by atoms with Crippen molar-refractivity contribution in [1.82, 2.24) is 4.90 Å². The van der Waals surface area contributed by atoms with E-state index < -0.39 is 0 Å². The topological polar surface area (TPSA) is 15.6 Å². The van der Waals surface area contributed by atoms with Crippen LogP contribution < -0.4 is 0 Å². The Morgan fingerprint density at radius 3 is 3.06 bits per heavy atom. The van der Waals surface area contributed by atoms with Crippen LogP contribution in [0.25, 0.3) is 0 Å². The molecule has 0 spiro atoms. The number of amidine groups is 1. The molecule has 2 heterocycles. The maximum absolute atomic E-state index is 4.80. The molecule has 84 valence electrons. The molecule has 16 heavy (non-hydrogen) atoms. The Morgan fingerprint density at radius 1 is 1.19 bits per heavy atom. The lowest BCUT2D eigenvalue weighted by Crippen LogP contribution is -2.32. The SMILES string of the molecule is Brc1cccc2c1CN1CCCCCC1=N2. The number of hydrogen-bond donors (Lipinski definition) is 0. The van der Waals surface area contributed by atoms with Crippen molar-refractivity contribution in [3.8, 4) is 0 Å². The summed E-state index contributed by atoms with van der Waals surface area (Å²) in [6.45, 7) is 2.19. The van der Waals surface area contributed by atoms with Gasteiger partial charge in [0.05, 0.1) is 5.69 Å². The van der Waals surface area contributed by atoms with Crippen molar-refractivity contribution in [2.45, 2.75) is 32.2 Å². The van der Waals surface area contributed by atoms with Gasteiger partial charge in [-0.15, -0.1) is 0 Å². The van der Waals surface area contributed by atoms with E-state index in [1.165, 1.54) is 41.7 Å². The first-order valence-corrected chi connectivity index (χ1v) is 6.74. The minimum atomic E-state index is 1.02. The number of halogens is 1. The largest absolute Gasteiger partial charge is 0.356 e. The molecule has 1 saturated heterocycles. The van der Waals surface area contributed by atoms with E-state index in [0.29, 0.717) is 0 Å². The van der Waals surface area contributed by atoms with E-state index in [1.807, 2.05) is 0 Å². The maximum Gasteiger partial charge on any atom is 0.105 e. The number of nitrogens with zero attached hydrogens (tertiary/aromatic N) is 2. The van der Waals surface area contributed by atoms with Gasteiger partial charge in [0.2, 0.25) is 0 Å². The summed E-state index contributed by atoms with van der Waals surface area (Å²) in [6, 6.07) is 6.30. The highest BCUT2D eigenvalue weighted by molar-refractivity contribution is 9.10. The molecular formula is C13H15BrN2. The zero-order chi connectivity index (χ0) is 11.0. The molecule has 0 radical (unpaired) electrons. The molecule has 0 bridgehead atoms. The van der Waals surface area contributed by atoms with Crippen LogP contribution in [0.1, 0.15) is 31.2 Å². The Bertz CT molecular complexity index is 440. The first-order chi connectivity index (χ1) is 7.84. The third-order valence-electron chi connectivity index (χ3n) is 3.39. The van der Waals surface area contributed by atoms with Crippen LogP contribution in [-0.4, -0.2) is 17.3 Å². The molecular weight excluding hydrogens is 264 g/mol. The average molecular weight is 279 g/mol. The van der Waals surface area contributed by atoms with Gasteiger partial charge in [0.1, 0.15) is 5.84 Å². The van der Waals surface area contributed by atoms with E-state index in [2.05, 4.69) is 39.0 Å². The third-order valence-corrected chi connectivity index (χ3v) is 4.13. The molecule has 0 N–H and O–H groups in total. The van der Waals surface area contributed by atoms with Gasteiger partial charge >= 0.3 is 0 Å². The molecule has 2 aliphatic rings. The molecule has 0 atom stereocenters. The summed E-state index contributed by atoms with van der Waals surface area (Å²) in [5, 5.41) is 0. The summed E-state index contributed by atoms with van der Waals surface area (Å²) < 4.78 is 1.19. The van der Waals surface area contributed by atoms with Crippen molar-refractivity contribution >= 4 is 27.5 Å². The summed E-state index contributed by atoms with van der Waals surface area (Å²) in [6.07, 6.45) is 5.08. The minimum absolute atomic E-state index is 1.02. The van der Waals surface area contributed by atoms with Crippen molar-refractivity contribution in [3.63, 3.8) is 0 Å². The van der Waals surface area contributed by atoms with Crippen LogP contribution in [0, 0.1) is 0 Å². The second-order valence-electron chi connectivity index (χ2n) is 4.50. The van der Waals surface area contributed by atoms with E-state index in [4.69, 9.17) is 4.99 Å². The first kappa shape index (κ1) is 10.3. The zero-order valence-corrected chi connectivity index (χ0v) is 10.8. The van der Waals surface area contributed by atoms with Gasteiger partial charge < -0.3 is 4.90 Å². The molecule has 0 saturated carbocycles. The van der Waals surface area contributed by atoms with Gasteiger partial charge in [0.15, 0.2) is 0 Å². The summed E-state index contributed by atoms with van der Waals surface area (Å²) in [7, 11) is 0. The van der Waals surface area contributed by atoms with Crippen LogP contribution in [-0.2, 0) is 6.54 Å². The summed E-state index contributed by atoms with van der Waals surface area (Å²) >= 11 is 3.62. The van der Waals surface area contributed by atoms with Crippen LogP contribution >= 0.6 is 15.9 Å². The van der Waals surface area contributed by atoms with Gasteiger partial charge in [0.25, 0.3) is 0 Å². The predicted molar refractivity (Wildman–Crippen MR) is 70.1 cm³/mol. The smallest absolute Gasteiger partial charge is 0.105 e. The third kappa shape index (κ3) is 1.77. The predicted octanol–water partition coefficient (Wildman–Crippen LogP) is 3.87. The standard InChI is InChI=1S/C13H15BrN2/c14-11-5-4-6-12-10(11)9-16-8-3-1-2-7-13(16)15-12/h4-6H,1-3,7-9H2. The van der Waals surface area contributed by atoms with E-state index in [9.17, 15) is 0 Å². The first-order valence-electron chi connectivity index (χ1n) is 5.94. The van der Waals surface area contributed by atoms with Gasteiger partial charge in [-0.25, -0.2) is 4.99 Å². The Kier molecular flexibility index (Phi) is 2.72. The quantitative estimate of drug-likeness (QED) is 0.704. The number of hydrogen-bond acceptors (Lipinski definition) is 2. The maximum atomic E-state index is 4.80. The van der Waals surface area contributed by atoms with Crippen LogP contribution in [0.5, 0.6) is 0 Å². The van der Waals surface area contributed by atoms with Gasteiger partial charge in [0, 0.05) is 29.5 Å². The molecule has 0 unspecified atom stereocenters. The number of aliphatic imine (C=N–C) groups is 1. The monoisotopic (exact) mass is 278 g/mol. The van der Waals surface area contributed by atoms with E-state index >= 15 is 0 Å². The van der Waals surface area contributed by atoms with Gasteiger partial charge in [-0.2, -0.15) is 0 Å². The Hall–Kier alpha value is -0.830. The van der Waals surface area contributed by atoms with Crippen molar-refractivity contribution in [3.05, 3.63) is 28.2 Å². The molecule has 1 fully saturated rings. The molecule has 1 aromatic rings. The second-order valence-corrected chi connectivity index (χ2v) is 5.35. The Morgan fingerprint density at radius 2 is 2.12 bits per heavy atom. The average Bonchev–Trinajstić information content (AvgIpc) is 2.52. The lowest BCUT2D eigenvalue weighted by atomic mass is 10.1. The minimum Gasteiger partial charge on any atom is -0.356 e. The highest BCUT2D eigenvalue weighted by Crippen LogP contribution is 2.33. The Labute approximate surface area is 104 Å². The van der Waals surface area contributed by atoms with Gasteiger partial charge in [-0.1, -0.05) is 28.4 Å². The molecule has 3 heteroatoms. The van der Waals surface area contributed by atoms with Gasteiger partial charge in [-0.05, 0) is 25.0 Å². The number of fused-ring (bicyclic) bond motifs is 2. The van der Waals surface area contributed by atoms with E-state index in [-0.39, 0.29) is 0 Å². The molecule has 1 aromatic carbocycles. The van der Waals surface area contributed by atoms with Crippen molar-refractivity contribution < 1.29 is 0 Å². The lowest BCUT2D eigenvalue weighted by Gasteiger charge is -2.29. The zero-order valence-electron chi connectivity index (χ0n) is 9.25. The van der Waals surface area contributed by atoms with Crippen LogP contribution in [0.3, 0.4) is 0 Å². The van der Waals surface area contributed by atoms with E-state index in [1.54, 1.807) is 0 Å². The normalized spacial score (nSPS) is 19.6. The summed E-state index contributed by atoms with van der Waals surface area (Å²) in [5.41, 5.74) is 2.50. The summed E-state index contributed by atoms with van der Waals surface area (Å²) in [4.78, 5) is 7.25. The number of rotatable bonds is 0.